The molecule has 0 saturated carbocycles. The molecule has 0 aromatic heterocycles. The van der Waals surface area contributed by atoms with Gasteiger partial charge in [-0.1, -0.05) is 35.9 Å². The highest BCUT2D eigenvalue weighted by Crippen LogP contribution is 2.27. The molecule has 130 valence electrons. The summed E-state index contributed by atoms with van der Waals surface area (Å²) in [4.78, 5) is 11.7. The summed E-state index contributed by atoms with van der Waals surface area (Å²) in [5, 5.41) is 4.70. The van der Waals surface area contributed by atoms with E-state index in [0.29, 0.717) is 22.4 Å². The Bertz CT molecular complexity index is 761. The number of amides is 1. The van der Waals surface area contributed by atoms with Crippen LogP contribution in [-0.2, 0) is 4.79 Å². The molecule has 2 aromatic carbocycles. The van der Waals surface area contributed by atoms with E-state index in [1.165, 1.54) is 12.3 Å². The zero-order valence-corrected chi connectivity index (χ0v) is 14.8. The normalized spacial score (nSPS) is 10.5. The molecular formula is C18H16Cl2N2O3. The lowest BCUT2D eigenvalue weighted by atomic mass is 10.2. The van der Waals surface area contributed by atoms with Gasteiger partial charge in [0.2, 0.25) is 0 Å². The van der Waals surface area contributed by atoms with E-state index < -0.39 is 5.91 Å². The lowest BCUT2D eigenvalue weighted by molar-refractivity contribution is -0.123. The minimum Gasteiger partial charge on any atom is -0.490 e. The quantitative estimate of drug-likeness (QED) is 0.427. The number of nitrogens with zero attached hydrogens (tertiary/aromatic N) is 1. The van der Waals surface area contributed by atoms with E-state index in [1.807, 2.05) is 12.1 Å². The van der Waals surface area contributed by atoms with Crippen LogP contribution in [0.2, 0.25) is 10.0 Å². The van der Waals surface area contributed by atoms with Crippen molar-refractivity contribution < 1.29 is 14.3 Å². The maximum atomic E-state index is 11.7. The van der Waals surface area contributed by atoms with Crippen molar-refractivity contribution in [1.82, 2.24) is 5.43 Å². The smallest absolute Gasteiger partial charge is 0.277 e. The average molecular weight is 379 g/mol. The largest absolute Gasteiger partial charge is 0.490 e. The number of carbonyl (C=O) groups excluding carboxylic acids is 1. The van der Waals surface area contributed by atoms with Crippen LogP contribution in [0.5, 0.6) is 11.5 Å². The van der Waals surface area contributed by atoms with Gasteiger partial charge in [-0.25, -0.2) is 5.43 Å². The van der Waals surface area contributed by atoms with Gasteiger partial charge in [0, 0.05) is 5.02 Å². The summed E-state index contributed by atoms with van der Waals surface area (Å²) in [6.07, 6.45) is 3.19. The summed E-state index contributed by atoms with van der Waals surface area (Å²) < 4.78 is 10.7. The molecule has 1 amide bonds. The van der Waals surface area contributed by atoms with Crippen LogP contribution in [0.3, 0.4) is 0 Å². The van der Waals surface area contributed by atoms with E-state index in [9.17, 15) is 4.79 Å². The molecule has 0 atom stereocenters. The molecule has 5 nitrogen and oxygen atoms in total. The van der Waals surface area contributed by atoms with Gasteiger partial charge in [0.15, 0.2) is 6.61 Å². The predicted octanol–water partition coefficient (Wildman–Crippen LogP) is 4.09. The van der Waals surface area contributed by atoms with Crippen molar-refractivity contribution in [2.75, 3.05) is 13.2 Å². The Morgan fingerprint density at radius 3 is 2.60 bits per heavy atom. The molecule has 0 spiro atoms. The van der Waals surface area contributed by atoms with Gasteiger partial charge in [-0.3, -0.25) is 4.79 Å². The van der Waals surface area contributed by atoms with E-state index in [4.69, 9.17) is 32.7 Å². The van der Waals surface area contributed by atoms with Crippen molar-refractivity contribution in [3.05, 3.63) is 70.7 Å². The fourth-order valence-electron chi connectivity index (χ4n) is 1.75. The van der Waals surface area contributed by atoms with E-state index >= 15 is 0 Å². The lowest BCUT2D eigenvalue weighted by Crippen LogP contribution is -2.24. The average Bonchev–Trinajstić information content (AvgIpc) is 2.60. The van der Waals surface area contributed by atoms with Crippen molar-refractivity contribution >= 4 is 35.3 Å². The number of hydrogen-bond acceptors (Lipinski definition) is 4. The van der Waals surface area contributed by atoms with Crippen LogP contribution in [0.4, 0.5) is 0 Å². The minimum absolute atomic E-state index is 0.215. The third-order valence-corrected chi connectivity index (χ3v) is 3.43. The number of benzene rings is 2. The van der Waals surface area contributed by atoms with Crippen molar-refractivity contribution in [3.8, 4) is 11.5 Å². The van der Waals surface area contributed by atoms with E-state index in [1.54, 1.807) is 30.3 Å². The highest BCUT2D eigenvalue weighted by atomic mass is 35.5. The molecule has 0 fully saturated rings. The Balaban J connectivity index is 1.78. The molecule has 1 N–H and O–H groups in total. The first kappa shape index (κ1) is 18.8. The van der Waals surface area contributed by atoms with Gasteiger partial charge in [-0.15, -0.1) is 0 Å². The van der Waals surface area contributed by atoms with Crippen LogP contribution < -0.4 is 14.9 Å². The van der Waals surface area contributed by atoms with Gasteiger partial charge in [0.1, 0.15) is 18.1 Å². The molecule has 0 bridgehead atoms. The fourth-order valence-corrected chi connectivity index (χ4v) is 2.21. The molecule has 0 saturated heterocycles. The first-order chi connectivity index (χ1) is 12.1. The summed E-state index contributed by atoms with van der Waals surface area (Å²) in [5.74, 6) is 0.697. The monoisotopic (exact) mass is 378 g/mol. The standard InChI is InChI=1S/C18H16Cl2N2O3/c1-2-9-24-15-6-3-13(4-7-15)11-21-22-18(23)12-25-17-8-5-14(19)10-16(17)20/h2-8,10-11H,1,9,12H2,(H,22,23)/b21-11-. The van der Waals surface area contributed by atoms with Crippen molar-refractivity contribution in [2.24, 2.45) is 5.10 Å². The second-order valence-electron chi connectivity index (χ2n) is 4.83. The summed E-state index contributed by atoms with van der Waals surface area (Å²) in [7, 11) is 0. The number of carbonyl (C=O) groups is 1. The zero-order valence-electron chi connectivity index (χ0n) is 13.2. The maximum absolute atomic E-state index is 11.7. The Labute approximate surface area is 155 Å². The number of halogens is 2. The van der Waals surface area contributed by atoms with Crippen LogP contribution in [0, 0.1) is 0 Å². The molecular weight excluding hydrogens is 363 g/mol. The van der Waals surface area contributed by atoms with Crippen LogP contribution in [0.15, 0.2) is 60.2 Å². The summed E-state index contributed by atoms with van der Waals surface area (Å²) in [6, 6.07) is 12.0. The van der Waals surface area contributed by atoms with Gasteiger partial charge < -0.3 is 9.47 Å². The molecule has 7 heteroatoms. The first-order valence-corrected chi connectivity index (χ1v) is 8.07. The molecule has 0 heterocycles. The summed E-state index contributed by atoms with van der Waals surface area (Å²) in [6.45, 7) is 3.81. The molecule has 0 radical (unpaired) electrons. The number of ether oxygens (including phenoxy) is 2. The Morgan fingerprint density at radius 2 is 1.92 bits per heavy atom. The van der Waals surface area contributed by atoms with Gasteiger partial charge in [-0.05, 0) is 48.0 Å². The molecule has 0 aliphatic carbocycles. The molecule has 2 rings (SSSR count). The number of rotatable bonds is 8. The molecule has 25 heavy (non-hydrogen) atoms. The highest BCUT2D eigenvalue weighted by molar-refractivity contribution is 6.35. The molecule has 0 aliphatic heterocycles. The van der Waals surface area contributed by atoms with Crippen molar-refractivity contribution in [3.63, 3.8) is 0 Å². The molecule has 0 unspecified atom stereocenters. The van der Waals surface area contributed by atoms with Crippen LogP contribution >= 0.6 is 23.2 Å². The topological polar surface area (TPSA) is 59.9 Å². The van der Waals surface area contributed by atoms with E-state index in [-0.39, 0.29) is 6.61 Å². The van der Waals surface area contributed by atoms with E-state index in [0.717, 1.165) is 11.3 Å². The van der Waals surface area contributed by atoms with Crippen molar-refractivity contribution in [2.45, 2.75) is 0 Å². The highest BCUT2D eigenvalue weighted by Gasteiger charge is 2.05. The summed E-state index contributed by atoms with van der Waals surface area (Å²) >= 11 is 11.7. The van der Waals surface area contributed by atoms with Crippen LogP contribution in [0.25, 0.3) is 0 Å². The van der Waals surface area contributed by atoms with Crippen LogP contribution in [0.1, 0.15) is 5.56 Å². The number of nitrogens with one attached hydrogen (secondary N) is 1. The summed E-state index contributed by atoms with van der Waals surface area (Å²) in [5.41, 5.74) is 3.19. The third-order valence-electron chi connectivity index (χ3n) is 2.90. The van der Waals surface area contributed by atoms with Crippen molar-refractivity contribution in [1.29, 1.82) is 0 Å². The third kappa shape index (κ3) is 6.49. The second kappa shape index (κ2) is 9.71. The van der Waals surface area contributed by atoms with E-state index in [2.05, 4.69) is 17.1 Å². The Hall–Kier alpha value is -2.50. The van der Waals surface area contributed by atoms with Gasteiger partial charge in [-0.2, -0.15) is 5.10 Å². The Kier molecular flexibility index (Phi) is 7.32. The number of hydrazone groups is 1. The molecule has 0 aliphatic rings. The first-order valence-electron chi connectivity index (χ1n) is 7.32. The zero-order chi connectivity index (χ0) is 18.1. The van der Waals surface area contributed by atoms with Crippen LogP contribution in [-0.4, -0.2) is 25.3 Å². The van der Waals surface area contributed by atoms with Gasteiger partial charge in [0.05, 0.1) is 11.2 Å². The van der Waals surface area contributed by atoms with Gasteiger partial charge in [0.25, 0.3) is 5.91 Å². The predicted molar refractivity (Wildman–Crippen MR) is 99.8 cm³/mol. The maximum Gasteiger partial charge on any atom is 0.277 e. The van der Waals surface area contributed by atoms with Gasteiger partial charge >= 0.3 is 0 Å². The minimum atomic E-state index is -0.409. The second-order valence-corrected chi connectivity index (χ2v) is 5.67. The fraction of sp³-hybridized carbons (Fsp3) is 0.111. The molecule has 2 aromatic rings. The lowest BCUT2D eigenvalue weighted by Gasteiger charge is -2.07. The SMILES string of the molecule is C=CCOc1ccc(/C=N\NC(=O)COc2ccc(Cl)cc2Cl)cc1. The number of hydrogen-bond donors (Lipinski definition) is 1. The Morgan fingerprint density at radius 1 is 1.16 bits per heavy atom.